The Morgan fingerprint density at radius 2 is 2.15 bits per heavy atom. The first-order valence-electron chi connectivity index (χ1n) is 5.72. The van der Waals surface area contributed by atoms with E-state index in [1.165, 1.54) is 24.1 Å². The molecule has 20 heavy (non-hydrogen) atoms. The Bertz CT molecular complexity index is 613. The first-order valence-corrected chi connectivity index (χ1v) is 6.23. The number of nitro groups is 1. The van der Waals surface area contributed by atoms with Crippen LogP contribution in [-0.4, -0.2) is 31.6 Å². The predicted molar refractivity (Wildman–Crippen MR) is 73.9 cm³/mol. The molecule has 2 aromatic heterocycles. The monoisotopic (exact) mass is 295 g/mol. The van der Waals surface area contributed by atoms with Crippen molar-refractivity contribution in [2.24, 2.45) is 7.05 Å². The van der Waals surface area contributed by atoms with E-state index in [1.54, 1.807) is 13.2 Å². The van der Waals surface area contributed by atoms with E-state index in [2.05, 4.69) is 27.6 Å². The summed E-state index contributed by atoms with van der Waals surface area (Å²) in [6, 6.07) is 0. The smallest absolute Gasteiger partial charge is 0.342 e. The van der Waals surface area contributed by atoms with Gasteiger partial charge in [-0.3, -0.25) is 4.98 Å². The number of nitrogens with zero attached hydrogens (tertiary/aromatic N) is 5. The molecule has 0 fully saturated rings. The van der Waals surface area contributed by atoms with Crippen LogP contribution in [0.25, 0.3) is 0 Å². The van der Waals surface area contributed by atoms with E-state index in [-0.39, 0.29) is 11.1 Å². The highest BCUT2D eigenvalue weighted by atomic mass is 32.1. The molecule has 0 bridgehead atoms. The molecule has 0 N–H and O–H groups in total. The first kappa shape index (κ1) is 14.3. The van der Waals surface area contributed by atoms with Gasteiger partial charge in [-0.1, -0.05) is 0 Å². The van der Waals surface area contributed by atoms with Crippen molar-refractivity contribution in [2.45, 2.75) is 11.7 Å². The van der Waals surface area contributed by atoms with Crippen LogP contribution in [-0.2, 0) is 13.5 Å². The number of aromatic nitrogens is 4. The zero-order chi connectivity index (χ0) is 14.7. The lowest BCUT2D eigenvalue weighted by Gasteiger charge is -2.08. The summed E-state index contributed by atoms with van der Waals surface area (Å²) < 4.78 is 6.36. The third-order valence-corrected chi connectivity index (χ3v) is 3.27. The molecule has 0 amide bonds. The van der Waals surface area contributed by atoms with E-state index in [0.29, 0.717) is 23.8 Å². The largest absolute Gasteiger partial charge is 0.480 e. The summed E-state index contributed by atoms with van der Waals surface area (Å²) in [6.45, 7) is 0. The number of imidazole rings is 1. The van der Waals surface area contributed by atoms with E-state index in [0.717, 1.165) is 0 Å². The zero-order valence-electron chi connectivity index (χ0n) is 10.9. The van der Waals surface area contributed by atoms with Crippen LogP contribution in [0.1, 0.15) is 16.8 Å². The molecule has 2 aromatic rings. The third-order valence-electron chi connectivity index (χ3n) is 2.82. The van der Waals surface area contributed by atoms with Gasteiger partial charge in [0.15, 0.2) is 5.82 Å². The zero-order valence-corrected chi connectivity index (χ0v) is 11.8. The normalized spacial score (nSPS) is 12.2. The summed E-state index contributed by atoms with van der Waals surface area (Å²) in [6.07, 6.45) is 4.71. The van der Waals surface area contributed by atoms with Crippen molar-refractivity contribution in [3.63, 3.8) is 0 Å². The summed E-state index contributed by atoms with van der Waals surface area (Å²) in [5.74, 6) is 0.928. The Kier molecular flexibility index (Phi) is 4.18. The second kappa shape index (κ2) is 5.87. The molecule has 0 spiro atoms. The number of methoxy groups -OCH3 is 1. The van der Waals surface area contributed by atoms with Gasteiger partial charge in [0.1, 0.15) is 6.20 Å². The molecule has 1 unspecified atom stereocenters. The fourth-order valence-corrected chi connectivity index (χ4v) is 1.97. The number of ether oxygens (including phenoxy) is 1. The van der Waals surface area contributed by atoms with Crippen LogP contribution in [0.15, 0.2) is 18.6 Å². The maximum Gasteiger partial charge on any atom is 0.342 e. The van der Waals surface area contributed by atoms with Gasteiger partial charge in [-0.2, -0.15) is 12.6 Å². The lowest BCUT2D eigenvalue weighted by Crippen LogP contribution is -2.06. The van der Waals surface area contributed by atoms with Crippen LogP contribution in [0.4, 0.5) is 5.82 Å². The first-order chi connectivity index (χ1) is 9.52. The van der Waals surface area contributed by atoms with Gasteiger partial charge in [0, 0.05) is 6.42 Å². The third kappa shape index (κ3) is 2.87. The summed E-state index contributed by atoms with van der Waals surface area (Å²) in [5, 5.41) is 10.5. The molecule has 0 aliphatic carbocycles. The number of rotatable bonds is 5. The molecule has 0 aromatic carbocycles. The summed E-state index contributed by atoms with van der Waals surface area (Å²) in [5.41, 5.74) is 0.653. The van der Waals surface area contributed by atoms with Crippen LogP contribution >= 0.6 is 12.6 Å². The van der Waals surface area contributed by atoms with Crippen molar-refractivity contribution in [3.8, 4) is 5.88 Å². The Morgan fingerprint density at radius 1 is 1.40 bits per heavy atom. The van der Waals surface area contributed by atoms with Crippen molar-refractivity contribution in [3.05, 3.63) is 40.2 Å². The number of hydrogen-bond acceptors (Lipinski definition) is 7. The minimum atomic E-state index is -0.475. The topological polar surface area (TPSA) is 96.0 Å². The SMILES string of the molecule is COc1cnc(C(S)Cc2ncc([N+](=O)[O-])n2C)cn1. The van der Waals surface area contributed by atoms with E-state index < -0.39 is 4.92 Å². The lowest BCUT2D eigenvalue weighted by molar-refractivity contribution is -0.391. The fraction of sp³-hybridized carbons (Fsp3) is 0.364. The maximum atomic E-state index is 10.8. The minimum Gasteiger partial charge on any atom is -0.480 e. The van der Waals surface area contributed by atoms with Crippen molar-refractivity contribution < 1.29 is 9.66 Å². The summed E-state index contributed by atoms with van der Waals surface area (Å²) in [4.78, 5) is 22.5. The average Bonchev–Trinajstić information content (AvgIpc) is 2.80. The second-order valence-corrected chi connectivity index (χ2v) is 4.68. The van der Waals surface area contributed by atoms with E-state index in [1.807, 2.05) is 0 Å². The molecule has 0 saturated carbocycles. The molecule has 8 nitrogen and oxygen atoms in total. The molecule has 0 saturated heterocycles. The van der Waals surface area contributed by atoms with Gasteiger partial charge < -0.3 is 14.9 Å². The molecular weight excluding hydrogens is 282 g/mol. The van der Waals surface area contributed by atoms with Gasteiger partial charge in [0.25, 0.3) is 0 Å². The van der Waals surface area contributed by atoms with Gasteiger partial charge in [-0.25, -0.2) is 14.5 Å². The summed E-state index contributed by atoms with van der Waals surface area (Å²) >= 11 is 4.44. The van der Waals surface area contributed by atoms with Crippen molar-refractivity contribution in [2.75, 3.05) is 7.11 Å². The second-order valence-electron chi connectivity index (χ2n) is 4.05. The number of thiol groups is 1. The highest BCUT2D eigenvalue weighted by Gasteiger charge is 2.20. The molecule has 0 aliphatic heterocycles. The van der Waals surface area contributed by atoms with Crippen LogP contribution in [0.5, 0.6) is 5.88 Å². The molecule has 2 heterocycles. The van der Waals surface area contributed by atoms with Gasteiger partial charge >= 0.3 is 5.82 Å². The summed E-state index contributed by atoms with van der Waals surface area (Å²) in [7, 11) is 3.11. The number of hydrogen-bond donors (Lipinski definition) is 1. The van der Waals surface area contributed by atoms with Crippen LogP contribution in [0.3, 0.4) is 0 Å². The van der Waals surface area contributed by atoms with Crippen LogP contribution in [0.2, 0.25) is 0 Å². The van der Waals surface area contributed by atoms with Gasteiger partial charge in [0.2, 0.25) is 5.88 Å². The van der Waals surface area contributed by atoms with E-state index >= 15 is 0 Å². The van der Waals surface area contributed by atoms with Gasteiger partial charge in [-0.05, 0) is 4.92 Å². The Labute approximate surface area is 120 Å². The van der Waals surface area contributed by atoms with Crippen molar-refractivity contribution >= 4 is 18.4 Å². The minimum absolute atomic E-state index is 0.0543. The van der Waals surface area contributed by atoms with E-state index in [4.69, 9.17) is 4.74 Å². The Balaban J connectivity index is 2.14. The standard InChI is InChI=1S/C11H13N5O3S/c1-15-9(13-6-11(15)16(17)18)3-8(20)7-4-14-10(19-2)5-12-7/h4-6,8,20H,3H2,1-2H3. The quantitative estimate of drug-likeness (QED) is 0.508. The van der Waals surface area contributed by atoms with Crippen molar-refractivity contribution in [1.82, 2.24) is 19.5 Å². The molecule has 1 atom stereocenters. The molecular formula is C11H13N5O3S. The van der Waals surface area contributed by atoms with Crippen molar-refractivity contribution in [1.29, 1.82) is 0 Å². The molecule has 0 aliphatic rings. The van der Waals surface area contributed by atoms with Crippen LogP contribution in [0, 0.1) is 10.1 Å². The Morgan fingerprint density at radius 3 is 2.65 bits per heavy atom. The predicted octanol–water partition coefficient (Wildman–Crippen LogP) is 1.34. The highest BCUT2D eigenvalue weighted by molar-refractivity contribution is 7.80. The molecule has 106 valence electrons. The average molecular weight is 295 g/mol. The fourth-order valence-electron chi connectivity index (χ4n) is 1.68. The maximum absolute atomic E-state index is 10.8. The van der Waals surface area contributed by atoms with Crippen LogP contribution < -0.4 is 4.74 Å². The van der Waals surface area contributed by atoms with E-state index in [9.17, 15) is 10.1 Å². The Hall–Kier alpha value is -2.16. The highest BCUT2D eigenvalue weighted by Crippen LogP contribution is 2.24. The molecule has 2 rings (SSSR count). The van der Waals surface area contributed by atoms with Gasteiger partial charge in [0.05, 0.1) is 37.5 Å². The lowest BCUT2D eigenvalue weighted by atomic mass is 10.2. The molecule has 0 radical (unpaired) electrons. The van der Waals surface area contributed by atoms with Gasteiger partial charge in [-0.15, -0.1) is 0 Å². The molecule has 9 heteroatoms.